The third kappa shape index (κ3) is 5.11. The zero-order chi connectivity index (χ0) is 12.1. The smallest absolute Gasteiger partial charge is 0.0755 e. The first-order chi connectivity index (χ1) is 8.24. The molecule has 17 heavy (non-hydrogen) atoms. The van der Waals surface area contributed by atoms with Crippen LogP contribution in [0.5, 0.6) is 0 Å². The lowest BCUT2D eigenvalue weighted by Crippen LogP contribution is -2.29. The van der Waals surface area contributed by atoms with E-state index in [-0.39, 0.29) is 6.10 Å². The molecule has 1 atom stereocenters. The van der Waals surface area contributed by atoms with Crippen LogP contribution in [0.3, 0.4) is 0 Å². The fraction of sp³-hybridized carbons (Fsp3) is 0.571. The molecule has 0 saturated heterocycles. The standard InChI is InChI=1S/C14H21NOS/c1-11-3-2-4-12(7-11)9-17-10-14(16)8-15-13-5-6-13/h2-4,7,13-16H,5-6,8-10H2,1H3. The highest BCUT2D eigenvalue weighted by Gasteiger charge is 2.21. The Morgan fingerprint density at radius 2 is 2.29 bits per heavy atom. The van der Waals surface area contributed by atoms with E-state index in [0.29, 0.717) is 6.04 Å². The highest BCUT2D eigenvalue weighted by Crippen LogP contribution is 2.19. The Kier molecular flexibility index (Phi) is 4.89. The number of benzene rings is 1. The van der Waals surface area contributed by atoms with Crippen molar-refractivity contribution in [2.24, 2.45) is 0 Å². The molecular formula is C14H21NOS. The van der Waals surface area contributed by atoms with Crippen LogP contribution in [-0.2, 0) is 5.75 Å². The third-order valence-electron chi connectivity index (χ3n) is 2.88. The van der Waals surface area contributed by atoms with Crippen LogP contribution in [0.25, 0.3) is 0 Å². The Hall–Kier alpha value is -0.510. The summed E-state index contributed by atoms with van der Waals surface area (Å²) in [6.07, 6.45) is 2.34. The largest absolute Gasteiger partial charge is 0.391 e. The topological polar surface area (TPSA) is 32.3 Å². The number of rotatable bonds is 7. The maximum Gasteiger partial charge on any atom is 0.0755 e. The molecule has 1 aromatic carbocycles. The van der Waals surface area contributed by atoms with Crippen LogP contribution < -0.4 is 5.32 Å². The van der Waals surface area contributed by atoms with Crippen LogP contribution in [0.1, 0.15) is 24.0 Å². The fourth-order valence-corrected chi connectivity index (χ4v) is 2.69. The number of nitrogens with one attached hydrogen (secondary N) is 1. The van der Waals surface area contributed by atoms with Crippen LogP contribution >= 0.6 is 11.8 Å². The summed E-state index contributed by atoms with van der Waals surface area (Å²) in [4.78, 5) is 0. The molecule has 1 aliphatic rings. The van der Waals surface area contributed by atoms with Gasteiger partial charge in [0.2, 0.25) is 0 Å². The second-order valence-corrected chi connectivity index (χ2v) is 5.87. The quantitative estimate of drug-likeness (QED) is 0.780. The van der Waals surface area contributed by atoms with Crippen molar-refractivity contribution in [2.75, 3.05) is 12.3 Å². The molecule has 0 spiro atoms. The molecule has 94 valence electrons. The van der Waals surface area contributed by atoms with E-state index >= 15 is 0 Å². The maximum atomic E-state index is 9.78. The normalized spacial score (nSPS) is 17.1. The lowest BCUT2D eigenvalue weighted by Gasteiger charge is -2.11. The first kappa shape index (κ1) is 12.9. The molecular weight excluding hydrogens is 230 g/mol. The SMILES string of the molecule is Cc1cccc(CSCC(O)CNC2CC2)c1. The highest BCUT2D eigenvalue weighted by molar-refractivity contribution is 7.98. The minimum Gasteiger partial charge on any atom is -0.391 e. The number of thioether (sulfide) groups is 1. The van der Waals surface area contributed by atoms with Gasteiger partial charge in [0, 0.05) is 24.1 Å². The first-order valence-corrected chi connectivity index (χ1v) is 7.44. The maximum absolute atomic E-state index is 9.78. The Morgan fingerprint density at radius 3 is 3.00 bits per heavy atom. The van der Waals surface area contributed by atoms with Gasteiger partial charge in [0.25, 0.3) is 0 Å². The van der Waals surface area contributed by atoms with Crippen molar-refractivity contribution in [3.63, 3.8) is 0 Å². The van der Waals surface area contributed by atoms with Gasteiger partial charge in [-0.05, 0) is 25.3 Å². The number of hydrogen-bond acceptors (Lipinski definition) is 3. The minimum atomic E-state index is -0.217. The van der Waals surface area contributed by atoms with Gasteiger partial charge < -0.3 is 10.4 Å². The summed E-state index contributed by atoms with van der Waals surface area (Å²) >= 11 is 1.81. The summed E-state index contributed by atoms with van der Waals surface area (Å²) < 4.78 is 0. The van der Waals surface area contributed by atoms with E-state index in [2.05, 4.69) is 36.5 Å². The van der Waals surface area contributed by atoms with Crippen LogP contribution in [0.2, 0.25) is 0 Å². The number of hydrogen-bond donors (Lipinski definition) is 2. The highest BCUT2D eigenvalue weighted by atomic mass is 32.2. The Morgan fingerprint density at radius 1 is 1.47 bits per heavy atom. The lowest BCUT2D eigenvalue weighted by molar-refractivity contribution is 0.195. The van der Waals surface area contributed by atoms with Gasteiger partial charge in [0.05, 0.1) is 6.10 Å². The summed E-state index contributed by atoms with van der Waals surface area (Å²) in [5, 5.41) is 13.1. The van der Waals surface area contributed by atoms with Crippen molar-refractivity contribution in [2.45, 2.75) is 37.7 Å². The van der Waals surface area contributed by atoms with Crippen molar-refractivity contribution in [1.82, 2.24) is 5.32 Å². The second-order valence-electron chi connectivity index (χ2n) is 4.84. The van der Waals surface area contributed by atoms with Crippen molar-refractivity contribution < 1.29 is 5.11 Å². The zero-order valence-electron chi connectivity index (χ0n) is 10.4. The number of aliphatic hydroxyl groups excluding tert-OH is 1. The monoisotopic (exact) mass is 251 g/mol. The first-order valence-electron chi connectivity index (χ1n) is 6.29. The van der Waals surface area contributed by atoms with E-state index in [1.807, 2.05) is 0 Å². The van der Waals surface area contributed by atoms with Gasteiger partial charge in [-0.15, -0.1) is 0 Å². The lowest BCUT2D eigenvalue weighted by atomic mass is 10.2. The average molecular weight is 251 g/mol. The van der Waals surface area contributed by atoms with E-state index in [0.717, 1.165) is 18.1 Å². The van der Waals surface area contributed by atoms with Gasteiger partial charge in [0.15, 0.2) is 0 Å². The molecule has 0 amide bonds. The molecule has 0 radical (unpaired) electrons. The molecule has 1 fully saturated rings. The Balaban J connectivity index is 1.61. The molecule has 1 saturated carbocycles. The summed E-state index contributed by atoms with van der Waals surface area (Å²) in [5.74, 6) is 1.80. The van der Waals surface area contributed by atoms with Gasteiger partial charge >= 0.3 is 0 Å². The van der Waals surface area contributed by atoms with Gasteiger partial charge in [-0.2, -0.15) is 11.8 Å². The van der Waals surface area contributed by atoms with E-state index in [4.69, 9.17) is 0 Å². The van der Waals surface area contributed by atoms with E-state index in [1.54, 1.807) is 11.8 Å². The van der Waals surface area contributed by atoms with Crippen molar-refractivity contribution in [3.8, 4) is 0 Å². The molecule has 0 aromatic heterocycles. The van der Waals surface area contributed by atoms with E-state index < -0.39 is 0 Å². The summed E-state index contributed by atoms with van der Waals surface area (Å²) in [5.41, 5.74) is 2.65. The molecule has 1 aromatic rings. The fourth-order valence-electron chi connectivity index (χ4n) is 1.76. The molecule has 0 heterocycles. The van der Waals surface area contributed by atoms with Crippen molar-refractivity contribution >= 4 is 11.8 Å². The molecule has 2 nitrogen and oxygen atoms in total. The van der Waals surface area contributed by atoms with Gasteiger partial charge in [0.1, 0.15) is 0 Å². The summed E-state index contributed by atoms with van der Waals surface area (Å²) in [6, 6.07) is 9.25. The molecule has 1 unspecified atom stereocenters. The molecule has 0 bridgehead atoms. The van der Waals surface area contributed by atoms with Gasteiger partial charge in [-0.25, -0.2) is 0 Å². The second kappa shape index (κ2) is 6.43. The minimum absolute atomic E-state index is 0.217. The molecule has 3 heteroatoms. The molecule has 2 N–H and O–H groups in total. The zero-order valence-corrected chi connectivity index (χ0v) is 11.2. The molecule has 0 aliphatic heterocycles. The van der Waals surface area contributed by atoms with Gasteiger partial charge in [-0.3, -0.25) is 0 Å². The third-order valence-corrected chi connectivity index (χ3v) is 4.04. The van der Waals surface area contributed by atoms with Crippen molar-refractivity contribution in [3.05, 3.63) is 35.4 Å². The number of aryl methyl sites for hydroxylation is 1. The molecule has 1 aliphatic carbocycles. The summed E-state index contributed by atoms with van der Waals surface area (Å²) in [7, 11) is 0. The molecule has 2 rings (SSSR count). The summed E-state index contributed by atoms with van der Waals surface area (Å²) in [6.45, 7) is 2.86. The van der Waals surface area contributed by atoms with Crippen LogP contribution in [0.15, 0.2) is 24.3 Å². The van der Waals surface area contributed by atoms with Crippen LogP contribution in [0.4, 0.5) is 0 Å². The van der Waals surface area contributed by atoms with Crippen LogP contribution in [-0.4, -0.2) is 29.5 Å². The predicted molar refractivity (Wildman–Crippen MR) is 74.4 cm³/mol. The van der Waals surface area contributed by atoms with E-state index in [9.17, 15) is 5.11 Å². The number of aliphatic hydroxyl groups is 1. The predicted octanol–water partition coefficient (Wildman–Crippen LogP) is 2.34. The average Bonchev–Trinajstić information content (AvgIpc) is 3.10. The Labute approximate surface area is 108 Å². The van der Waals surface area contributed by atoms with Crippen molar-refractivity contribution in [1.29, 1.82) is 0 Å². The van der Waals surface area contributed by atoms with E-state index in [1.165, 1.54) is 24.0 Å². The Bertz CT molecular complexity index is 352. The van der Waals surface area contributed by atoms with Gasteiger partial charge in [-0.1, -0.05) is 29.8 Å². The van der Waals surface area contributed by atoms with Crippen LogP contribution in [0, 0.1) is 6.92 Å².